The number of nitrogens with zero attached hydrogens (tertiary/aromatic N) is 3. The van der Waals surface area contributed by atoms with Crippen LogP contribution in [-0.4, -0.2) is 44.9 Å². The highest BCUT2D eigenvalue weighted by molar-refractivity contribution is 5.96. The van der Waals surface area contributed by atoms with Gasteiger partial charge in [0.15, 0.2) is 0 Å². The summed E-state index contributed by atoms with van der Waals surface area (Å²) in [6, 6.07) is 9.42. The van der Waals surface area contributed by atoms with Crippen LogP contribution in [0, 0.1) is 0 Å². The SMILES string of the molecule is O=C(c1ccccc1Cn1cccn1)N1CCC1CO. The summed E-state index contributed by atoms with van der Waals surface area (Å²) in [5.41, 5.74) is 1.64. The van der Waals surface area contributed by atoms with E-state index >= 15 is 0 Å². The van der Waals surface area contributed by atoms with Crippen LogP contribution in [0.5, 0.6) is 0 Å². The van der Waals surface area contributed by atoms with Crippen molar-refractivity contribution in [3.63, 3.8) is 0 Å². The third-order valence-electron chi connectivity index (χ3n) is 3.75. The van der Waals surface area contributed by atoms with Crippen molar-refractivity contribution in [2.75, 3.05) is 13.2 Å². The molecule has 5 nitrogen and oxygen atoms in total. The Balaban J connectivity index is 1.84. The maximum atomic E-state index is 12.5. The maximum absolute atomic E-state index is 12.5. The van der Waals surface area contributed by atoms with Gasteiger partial charge >= 0.3 is 0 Å². The lowest BCUT2D eigenvalue weighted by Crippen LogP contribution is -2.53. The maximum Gasteiger partial charge on any atom is 0.254 e. The molecule has 0 spiro atoms. The predicted octanol–water partition coefficient (Wildman–Crippen LogP) is 1.14. The molecule has 1 fully saturated rings. The molecule has 0 aliphatic carbocycles. The quantitative estimate of drug-likeness (QED) is 0.907. The third kappa shape index (κ3) is 2.32. The predicted molar refractivity (Wildman–Crippen MR) is 74.3 cm³/mol. The van der Waals surface area contributed by atoms with Gasteiger partial charge in [-0.2, -0.15) is 5.10 Å². The average molecular weight is 271 g/mol. The lowest BCUT2D eigenvalue weighted by molar-refractivity contribution is 0.0295. The molecule has 1 amide bonds. The first-order valence-electron chi connectivity index (χ1n) is 6.77. The van der Waals surface area contributed by atoms with Crippen LogP contribution < -0.4 is 0 Å². The largest absolute Gasteiger partial charge is 0.394 e. The van der Waals surface area contributed by atoms with Crippen LogP contribution in [0.15, 0.2) is 42.7 Å². The van der Waals surface area contributed by atoms with Crippen LogP contribution in [0.2, 0.25) is 0 Å². The van der Waals surface area contributed by atoms with E-state index in [0.29, 0.717) is 12.1 Å². The Morgan fingerprint density at radius 2 is 2.20 bits per heavy atom. The molecule has 0 radical (unpaired) electrons. The van der Waals surface area contributed by atoms with Gasteiger partial charge in [-0.25, -0.2) is 0 Å². The van der Waals surface area contributed by atoms with E-state index < -0.39 is 0 Å². The highest BCUT2D eigenvalue weighted by atomic mass is 16.3. The fraction of sp³-hybridized carbons (Fsp3) is 0.333. The minimum absolute atomic E-state index is 0.00180. The number of aromatic nitrogens is 2. The summed E-state index contributed by atoms with van der Waals surface area (Å²) in [5.74, 6) is -0.00180. The third-order valence-corrected chi connectivity index (χ3v) is 3.75. The number of amides is 1. The van der Waals surface area contributed by atoms with Gasteiger partial charge in [0.1, 0.15) is 0 Å². The van der Waals surface area contributed by atoms with E-state index in [9.17, 15) is 9.90 Å². The van der Waals surface area contributed by atoms with Gasteiger partial charge < -0.3 is 10.0 Å². The summed E-state index contributed by atoms with van der Waals surface area (Å²) >= 11 is 0. The number of carbonyl (C=O) groups excluding carboxylic acids is 1. The number of aliphatic hydroxyl groups is 1. The number of rotatable bonds is 4. The fourth-order valence-electron chi connectivity index (χ4n) is 2.49. The Morgan fingerprint density at radius 3 is 2.85 bits per heavy atom. The number of benzene rings is 1. The van der Waals surface area contributed by atoms with Crippen molar-refractivity contribution in [1.82, 2.24) is 14.7 Å². The molecular formula is C15H17N3O2. The molecule has 1 aromatic heterocycles. The van der Waals surface area contributed by atoms with E-state index in [-0.39, 0.29) is 18.6 Å². The zero-order chi connectivity index (χ0) is 13.9. The highest BCUT2D eigenvalue weighted by Crippen LogP contribution is 2.22. The Bertz CT molecular complexity index is 593. The number of hydrogen-bond acceptors (Lipinski definition) is 3. The number of carbonyl (C=O) groups is 1. The van der Waals surface area contributed by atoms with Crippen LogP contribution in [0.25, 0.3) is 0 Å². The molecule has 0 saturated carbocycles. The molecule has 1 aliphatic heterocycles. The zero-order valence-electron chi connectivity index (χ0n) is 11.1. The number of likely N-dealkylation sites (tertiary alicyclic amines) is 1. The summed E-state index contributed by atoms with van der Waals surface area (Å²) in [4.78, 5) is 14.3. The van der Waals surface area contributed by atoms with Gasteiger partial charge in [0, 0.05) is 24.5 Å². The van der Waals surface area contributed by atoms with Gasteiger partial charge in [-0.05, 0) is 24.1 Å². The van der Waals surface area contributed by atoms with Crippen LogP contribution in [-0.2, 0) is 6.54 Å². The van der Waals surface area contributed by atoms with E-state index in [2.05, 4.69) is 5.10 Å². The first kappa shape index (κ1) is 12.9. The minimum atomic E-state index is -0.0275. The Kier molecular flexibility index (Phi) is 3.52. The molecule has 2 heterocycles. The highest BCUT2D eigenvalue weighted by Gasteiger charge is 2.32. The Hall–Kier alpha value is -2.14. The summed E-state index contributed by atoms with van der Waals surface area (Å²) in [5, 5.41) is 13.4. The normalized spacial score (nSPS) is 17.9. The Morgan fingerprint density at radius 1 is 1.35 bits per heavy atom. The van der Waals surface area contributed by atoms with Gasteiger partial charge in [-0.1, -0.05) is 18.2 Å². The molecule has 1 aliphatic rings. The molecule has 2 aromatic rings. The molecule has 5 heteroatoms. The van der Waals surface area contributed by atoms with Crippen molar-refractivity contribution in [2.45, 2.75) is 19.0 Å². The number of hydrogen-bond donors (Lipinski definition) is 1. The number of aliphatic hydroxyl groups excluding tert-OH is 1. The van der Waals surface area contributed by atoms with Crippen molar-refractivity contribution >= 4 is 5.91 Å². The summed E-state index contributed by atoms with van der Waals surface area (Å²) < 4.78 is 1.80. The van der Waals surface area contributed by atoms with Crippen molar-refractivity contribution in [1.29, 1.82) is 0 Å². The second-order valence-electron chi connectivity index (χ2n) is 4.98. The van der Waals surface area contributed by atoms with Crippen molar-refractivity contribution in [3.8, 4) is 0 Å². The lowest BCUT2D eigenvalue weighted by Gasteiger charge is -2.40. The average Bonchev–Trinajstić information content (AvgIpc) is 2.91. The van der Waals surface area contributed by atoms with Crippen molar-refractivity contribution < 1.29 is 9.90 Å². The summed E-state index contributed by atoms with van der Waals surface area (Å²) in [6.07, 6.45) is 4.48. The summed E-state index contributed by atoms with van der Waals surface area (Å²) in [6.45, 7) is 1.33. The van der Waals surface area contributed by atoms with Crippen molar-refractivity contribution in [2.24, 2.45) is 0 Å². The standard InChI is InChI=1S/C15H17N3O2/c19-11-13-6-9-18(13)15(20)14-5-2-1-4-12(14)10-17-8-3-7-16-17/h1-5,7-8,13,19H,6,9-11H2. The molecule has 1 atom stereocenters. The van der Waals surface area contributed by atoms with Gasteiger partial charge in [0.25, 0.3) is 5.91 Å². The molecule has 1 aromatic carbocycles. The molecule has 1 N–H and O–H groups in total. The van der Waals surface area contributed by atoms with E-state index in [0.717, 1.165) is 18.5 Å². The molecular weight excluding hydrogens is 254 g/mol. The first-order valence-corrected chi connectivity index (χ1v) is 6.77. The minimum Gasteiger partial charge on any atom is -0.394 e. The van der Waals surface area contributed by atoms with Gasteiger partial charge in [0.05, 0.1) is 19.2 Å². The second-order valence-corrected chi connectivity index (χ2v) is 4.98. The van der Waals surface area contributed by atoms with E-state index in [1.807, 2.05) is 36.5 Å². The van der Waals surface area contributed by atoms with Gasteiger partial charge in [-0.3, -0.25) is 9.48 Å². The molecule has 3 rings (SSSR count). The van der Waals surface area contributed by atoms with Crippen molar-refractivity contribution in [3.05, 3.63) is 53.9 Å². The van der Waals surface area contributed by atoms with Crippen LogP contribution >= 0.6 is 0 Å². The second kappa shape index (κ2) is 5.46. The Labute approximate surface area is 117 Å². The van der Waals surface area contributed by atoms with Crippen LogP contribution in [0.1, 0.15) is 22.3 Å². The fourth-order valence-corrected chi connectivity index (χ4v) is 2.49. The smallest absolute Gasteiger partial charge is 0.254 e. The van der Waals surface area contributed by atoms with E-state index in [1.165, 1.54) is 0 Å². The molecule has 20 heavy (non-hydrogen) atoms. The topological polar surface area (TPSA) is 58.4 Å². The molecule has 1 saturated heterocycles. The first-order chi connectivity index (χ1) is 9.79. The van der Waals surface area contributed by atoms with E-state index in [4.69, 9.17) is 0 Å². The monoisotopic (exact) mass is 271 g/mol. The van der Waals surface area contributed by atoms with Gasteiger partial charge in [0.2, 0.25) is 0 Å². The van der Waals surface area contributed by atoms with E-state index in [1.54, 1.807) is 15.8 Å². The molecule has 1 unspecified atom stereocenters. The molecule has 104 valence electrons. The summed E-state index contributed by atoms with van der Waals surface area (Å²) in [7, 11) is 0. The molecule has 0 bridgehead atoms. The lowest BCUT2D eigenvalue weighted by atomic mass is 9.99. The zero-order valence-corrected chi connectivity index (χ0v) is 11.1. The van der Waals surface area contributed by atoms with Crippen LogP contribution in [0.4, 0.5) is 0 Å². The van der Waals surface area contributed by atoms with Gasteiger partial charge in [-0.15, -0.1) is 0 Å². The van der Waals surface area contributed by atoms with Crippen LogP contribution in [0.3, 0.4) is 0 Å².